The van der Waals surface area contributed by atoms with Gasteiger partial charge in [0.2, 0.25) is 11.8 Å². The zero-order chi connectivity index (χ0) is 22.5. The molecule has 2 aliphatic heterocycles. The van der Waals surface area contributed by atoms with Crippen LogP contribution in [0.5, 0.6) is 11.5 Å². The lowest BCUT2D eigenvalue weighted by molar-refractivity contribution is -0.133. The highest BCUT2D eigenvalue weighted by Crippen LogP contribution is 2.27. The Morgan fingerprint density at radius 3 is 2.59 bits per heavy atom. The maximum Gasteiger partial charge on any atom is 0.224 e. The summed E-state index contributed by atoms with van der Waals surface area (Å²) in [5, 5.41) is 2.87. The summed E-state index contributed by atoms with van der Waals surface area (Å²) in [5.74, 6) is 1.95. The summed E-state index contributed by atoms with van der Waals surface area (Å²) in [5.41, 5.74) is 4.47. The van der Waals surface area contributed by atoms with Crippen molar-refractivity contribution < 1.29 is 19.1 Å². The first-order chi connectivity index (χ1) is 15.5. The molecule has 2 aromatic rings. The van der Waals surface area contributed by atoms with Crippen molar-refractivity contribution in [2.24, 2.45) is 0 Å². The number of benzene rings is 2. The molecule has 2 heterocycles. The van der Waals surface area contributed by atoms with E-state index in [-0.39, 0.29) is 17.9 Å². The number of ether oxygens (including phenoxy) is 2. The topological polar surface area (TPSA) is 67.9 Å². The second-order valence-corrected chi connectivity index (χ2v) is 8.76. The van der Waals surface area contributed by atoms with Crippen LogP contribution in [-0.4, -0.2) is 42.5 Å². The molecule has 0 unspecified atom stereocenters. The molecule has 32 heavy (non-hydrogen) atoms. The first-order valence-electron chi connectivity index (χ1n) is 11.6. The number of piperidine rings is 1. The smallest absolute Gasteiger partial charge is 0.224 e. The van der Waals surface area contributed by atoms with Crippen molar-refractivity contribution in [2.75, 3.05) is 25.0 Å². The van der Waals surface area contributed by atoms with Gasteiger partial charge < -0.3 is 19.7 Å². The van der Waals surface area contributed by atoms with Crippen molar-refractivity contribution in [2.45, 2.75) is 58.5 Å². The molecule has 0 saturated carbocycles. The SMILES string of the molecule is Cc1ccc(OC2CCN(C(=O)CCCOc3ccc4c(c3)CCC(=O)N4)CC2)cc1C. The normalized spacial score (nSPS) is 16.3. The molecule has 1 saturated heterocycles. The highest BCUT2D eigenvalue weighted by Gasteiger charge is 2.23. The fraction of sp³-hybridized carbons (Fsp3) is 0.462. The average Bonchev–Trinajstić information content (AvgIpc) is 2.79. The van der Waals surface area contributed by atoms with E-state index >= 15 is 0 Å². The number of hydrogen-bond acceptors (Lipinski definition) is 4. The van der Waals surface area contributed by atoms with Gasteiger partial charge in [-0.05, 0) is 73.7 Å². The van der Waals surface area contributed by atoms with Crippen LogP contribution in [0, 0.1) is 13.8 Å². The molecule has 2 aromatic carbocycles. The molecule has 0 bridgehead atoms. The van der Waals surface area contributed by atoms with E-state index in [9.17, 15) is 9.59 Å². The number of carbonyl (C=O) groups excluding carboxylic acids is 2. The van der Waals surface area contributed by atoms with Gasteiger partial charge in [0.25, 0.3) is 0 Å². The number of nitrogens with one attached hydrogen (secondary N) is 1. The van der Waals surface area contributed by atoms with Gasteiger partial charge >= 0.3 is 0 Å². The minimum atomic E-state index is 0.0607. The molecule has 2 amide bonds. The number of fused-ring (bicyclic) bond motifs is 1. The number of aryl methyl sites for hydroxylation is 3. The Balaban J connectivity index is 1.15. The summed E-state index contributed by atoms with van der Waals surface area (Å²) in [6.45, 7) is 6.18. The molecular formula is C26H32N2O4. The molecule has 0 radical (unpaired) electrons. The van der Waals surface area contributed by atoms with Gasteiger partial charge in [0.15, 0.2) is 0 Å². The van der Waals surface area contributed by atoms with Crippen LogP contribution in [-0.2, 0) is 16.0 Å². The standard InChI is InChI=1S/C26H32N2O4/c1-18-5-7-23(16-19(18)2)32-21-11-13-28(14-12-21)26(30)4-3-15-31-22-8-9-24-20(17-22)6-10-25(29)27-24/h5,7-9,16-17,21H,3-4,6,10-15H2,1-2H3,(H,27,29). The summed E-state index contributed by atoms with van der Waals surface area (Å²) < 4.78 is 12.0. The minimum absolute atomic E-state index is 0.0607. The lowest BCUT2D eigenvalue weighted by atomic mass is 10.0. The Morgan fingerprint density at radius 1 is 1.03 bits per heavy atom. The number of rotatable bonds is 7. The van der Waals surface area contributed by atoms with E-state index in [4.69, 9.17) is 9.47 Å². The Hall–Kier alpha value is -3.02. The molecule has 0 atom stereocenters. The highest BCUT2D eigenvalue weighted by atomic mass is 16.5. The summed E-state index contributed by atoms with van der Waals surface area (Å²) in [7, 11) is 0. The van der Waals surface area contributed by atoms with Gasteiger partial charge in [-0.15, -0.1) is 0 Å². The maximum absolute atomic E-state index is 12.6. The fourth-order valence-corrected chi connectivity index (χ4v) is 4.22. The van der Waals surface area contributed by atoms with E-state index < -0.39 is 0 Å². The van der Waals surface area contributed by atoms with E-state index in [0.29, 0.717) is 25.9 Å². The van der Waals surface area contributed by atoms with Crippen molar-refractivity contribution in [3.63, 3.8) is 0 Å². The van der Waals surface area contributed by atoms with Gasteiger partial charge in [0, 0.05) is 44.5 Å². The first-order valence-corrected chi connectivity index (χ1v) is 11.6. The van der Waals surface area contributed by atoms with Crippen LogP contribution in [0.2, 0.25) is 0 Å². The number of carbonyl (C=O) groups is 2. The largest absolute Gasteiger partial charge is 0.494 e. The first kappa shape index (κ1) is 22.2. The van der Waals surface area contributed by atoms with Crippen LogP contribution in [0.3, 0.4) is 0 Å². The van der Waals surface area contributed by atoms with E-state index in [1.807, 2.05) is 29.2 Å². The van der Waals surface area contributed by atoms with E-state index in [1.54, 1.807) is 0 Å². The van der Waals surface area contributed by atoms with Crippen molar-refractivity contribution in [1.82, 2.24) is 4.90 Å². The second-order valence-electron chi connectivity index (χ2n) is 8.76. The molecule has 4 rings (SSSR count). The van der Waals surface area contributed by atoms with E-state index in [1.165, 1.54) is 11.1 Å². The summed E-state index contributed by atoms with van der Waals surface area (Å²) in [6, 6.07) is 11.9. The molecule has 0 aliphatic carbocycles. The second kappa shape index (κ2) is 10.1. The molecule has 1 N–H and O–H groups in total. The summed E-state index contributed by atoms with van der Waals surface area (Å²) in [4.78, 5) is 26.0. The Morgan fingerprint density at radius 2 is 1.81 bits per heavy atom. The fourth-order valence-electron chi connectivity index (χ4n) is 4.22. The minimum Gasteiger partial charge on any atom is -0.494 e. The number of anilines is 1. The van der Waals surface area contributed by atoms with E-state index in [2.05, 4.69) is 31.3 Å². The number of amides is 2. The third-order valence-corrected chi connectivity index (χ3v) is 6.35. The summed E-state index contributed by atoms with van der Waals surface area (Å²) in [6.07, 6.45) is 4.31. The van der Waals surface area contributed by atoms with Crippen molar-refractivity contribution in [1.29, 1.82) is 0 Å². The molecule has 0 aromatic heterocycles. The molecular weight excluding hydrogens is 404 g/mol. The zero-order valence-corrected chi connectivity index (χ0v) is 19.0. The molecule has 170 valence electrons. The average molecular weight is 437 g/mol. The molecule has 2 aliphatic rings. The van der Waals surface area contributed by atoms with Crippen LogP contribution in [0.25, 0.3) is 0 Å². The van der Waals surface area contributed by atoms with Crippen LogP contribution in [0.15, 0.2) is 36.4 Å². The number of nitrogens with zero attached hydrogens (tertiary/aromatic N) is 1. The van der Waals surface area contributed by atoms with Gasteiger partial charge in [-0.25, -0.2) is 0 Å². The third kappa shape index (κ3) is 5.61. The molecule has 6 nitrogen and oxygen atoms in total. The maximum atomic E-state index is 12.6. The van der Waals surface area contributed by atoms with E-state index in [0.717, 1.165) is 55.1 Å². The zero-order valence-electron chi connectivity index (χ0n) is 19.0. The van der Waals surface area contributed by atoms with Crippen LogP contribution in [0.4, 0.5) is 5.69 Å². The van der Waals surface area contributed by atoms with Gasteiger partial charge in [0.1, 0.15) is 17.6 Å². The Kier molecular flexibility index (Phi) is 6.98. The van der Waals surface area contributed by atoms with Crippen molar-refractivity contribution in [3.8, 4) is 11.5 Å². The van der Waals surface area contributed by atoms with Gasteiger partial charge in [0.05, 0.1) is 6.61 Å². The third-order valence-electron chi connectivity index (χ3n) is 6.35. The monoisotopic (exact) mass is 436 g/mol. The number of likely N-dealkylation sites (tertiary alicyclic amines) is 1. The predicted octanol–water partition coefficient (Wildman–Crippen LogP) is 4.42. The van der Waals surface area contributed by atoms with Gasteiger partial charge in [-0.1, -0.05) is 6.07 Å². The van der Waals surface area contributed by atoms with Crippen molar-refractivity contribution >= 4 is 17.5 Å². The lowest BCUT2D eigenvalue weighted by Gasteiger charge is -2.32. The Labute approximate surface area is 189 Å². The van der Waals surface area contributed by atoms with Crippen molar-refractivity contribution in [3.05, 3.63) is 53.1 Å². The Bertz CT molecular complexity index is 980. The van der Waals surface area contributed by atoms with Gasteiger partial charge in [-0.3, -0.25) is 9.59 Å². The quantitative estimate of drug-likeness (QED) is 0.653. The number of hydrogen-bond donors (Lipinski definition) is 1. The molecule has 1 fully saturated rings. The van der Waals surface area contributed by atoms with Gasteiger partial charge in [-0.2, -0.15) is 0 Å². The van der Waals surface area contributed by atoms with Crippen LogP contribution < -0.4 is 14.8 Å². The van der Waals surface area contributed by atoms with Crippen LogP contribution >= 0.6 is 0 Å². The molecule has 0 spiro atoms. The van der Waals surface area contributed by atoms with Crippen LogP contribution in [0.1, 0.15) is 48.8 Å². The highest BCUT2D eigenvalue weighted by molar-refractivity contribution is 5.94. The summed E-state index contributed by atoms with van der Waals surface area (Å²) >= 11 is 0. The predicted molar refractivity (Wildman–Crippen MR) is 124 cm³/mol. The molecule has 6 heteroatoms. The lowest BCUT2D eigenvalue weighted by Crippen LogP contribution is -2.41.